The molecule has 1 heterocycles. The third-order valence-electron chi connectivity index (χ3n) is 4.45. The number of hydrogen-bond donors (Lipinski definition) is 1. The van der Waals surface area contributed by atoms with E-state index in [-0.39, 0.29) is 5.56 Å². The van der Waals surface area contributed by atoms with Gasteiger partial charge in [-0.05, 0) is 48.4 Å². The quantitative estimate of drug-likeness (QED) is 0.490. The van der Waals surface area contributed by atoms with Gasteiger partial charge in [-0.15, -0.1) is 0 Å². The SMILES string of the molecule is Cc1ccccc1COc1ccc(Br)cc1-c1nc2ccccc2c(=O)[nH]1. The molecule has 0 fully saturated rings. The molecular formula is C22H17BrN2O2. The number of H-pyrrole nitrogens is 1. The van der Waals surface area contributed by atoms with Crippen LogP contribution < -0.4 is 10.3 Å². The van der Waals surface area contributed by atoms with Gasteiger partial charge in [0.05, 0.1) is 16.5 Å². The summed E-state index contributed by atoms with van der Waals surface area (Å²) in [6.45, 7) is 2.50. The van der Waals surface area contributed by atoms with Gasteiger partial charge in [0.2, 0.25) is 0 Å². The van der Waals surface area contributed by atoms with Crippen molar-refractivity contribution >= 4 is 26.8 Å². The van der Waals surface area contributed by atoms with Gasteiger partial charge in [0.1, 0.15) is 18.2 Å². The van der Waals surface area contributed by atoms with Gasteiger partial charge < -0.3 is 9.72 Å². The van der Waals surface area contributed by atoms with E-state index < -0.39 is 0 Å². The predicted octanol–water partition coefficient (Wildman–Crippen LogP) is 5.24. The first-order chi connectivity index (χ1) is 13.1. The lowest BCUT2D eigenvalue weighted by molar-refractivity contribution is 0.306. The van der Waals surface area contributed by atoms with Gasteiger partial charge in [-0.25, -0.2) is 4.98 Å². The monoisotopic (exact) mass is 420 g/mol. The van der Waals surface area contributed by atoms with Crippen LogP contribution in [0, 0.1) is 6.92 Å². The Morgan fingerprint density at radius 3 is 2.67 bits per heavy atom. The smallest absolute Gasteiger partial charge is 0.259 e. The summed E-state index contributed by atoms with van der Waals surface area (Å²) >= 11 is 3.49. The van der Waals surface area contributed by atoms with Crippen molar-refractivity contribution in [3.05, 3.63) is 92.7 Å². The Hall–Kier alpha value is -2.92. The number of rotatable bonds is 4. The highest BCUT2D eigenvalue weighted by atomic mass is 79.9. The summed E-state index contributed by atoms with van der Waals surface area (Å²) in [6, 6.07) is 21.1. The third kappa shape index (κ3) is 3.64. The van der Waals surface area contributed by atoms with Gasteiger partial charge >= 0.3 is 0 Å². The van der Waals surface area contributed by atoms with E-state index in [1.807, 2.05) is 54.6 Å². The molecule has 4 aromatic rings. The zero-order valence-electron chi connectivity index (χ0n) is 14.7. The molecule has 0 aliphatic heterocycles. The highest BCUT2D eigenvalue weighted by Crippen LogP contribution is 2.31. The Morgan fingerprint density at radius 2 is 1.81 bits per heavy atom. The number of aryl methyl sites for hydroxylation is 1. The third-order valence-corrected chi connectivity index (χ3v) is 4.95. The topological polar surface area (TPSA) is 55.0 Å². The predicted molar refractivity (Wildman–Crippen MR) is 111 cm³/mol. The van der Waals surface area contributed by atoms with Crippen LogP contribution in [0.5, 0.6) is 5.75 Å². The van der Waals surface area contributed by atoms with Crippen LogP contribution in [0.4, 0.5) is 0 Å². The van der Waals surface area contributed by atoms with Crippen molar-refractivity contribution < 1.29 is 4.74 Å². The molecule has 0 unspecified atom stereocenters. The van der Waals surface area contributed by atoms with Gasteiger partial charge in [-0.1, -0.05) is 52.3 Å². The van der Waals surface area contributed by atoms with Crippen molar-refractivity contribution in [2.45, 2.75) is 13.5 Å². The highest BCUT2D eigenvalue weighted by molar-refractivity contribution is 9.10. The molecule has 0 saturated heterocycles. The molecule has 4 nitrogen and oxygen atoms in total. The lowest BCUT2D eigenvalue weighted by atomic mass is 10.1. The molecule has 0 atom stereocenters. The fraction of sp³-hybridized carbons (Fsp3) is 0.0909. The average molecular weight is 421 g/mol. The number of nitrogens with one attached hydrogen (secondary N) is 1. The highest BCUT2D eigenvalue weighted by Gasteiger charge is 2.12. The van der Waals surface area contributed by atoms with Crippen LogP contribution >= 0.6 is 15.9 Å². The summed E-state index contributed by atoms with van der Waals surface area (Å²) in [5, 5.41) is 0.568. The zero-order chi connectivity index (χ0) is 18.8. The summed E-state index contributed by atoms with van der Waals surface area (Å²) in [6.07, 6.45) is 0. The van der Waals surface area contributed by atoms with Crippen molar-refractivity contribution in [3.63, 3.8) is 0 Å². The van der Waals surface area contributed by atoms with E-state index in [9.17, 15) is 4.79 Å². The fourth-order valence-corrected chi connectivity index (χ4v) is 3.32. The molecule has 134 valence electrons. The number of hydrogen-bond acceptors (Lipinski definition) is 3. The second-order valence-electron chi connectivity index (χ2n) is 6.29. The maximum Gasteiger partial charge on any atom is 0.259 e. The number of nitrogens with zero attached hydrogens (tertiary/aromatic N) is 1. The summed E-state index contributed by atoms with van der Waals surface area (Å²) < 4.78 is 6.97. The van der Waals surface area contributed by atoms with Crippen molar-refractivity contribution in [1.82, 2.24) is 9.97 Å². The molecule has 0 aliphatic carbocycles. The molecule has 0 saturated carbocycles. The first kappa shape index (κ1) is 17.5. The molecule has 1 aromatic heterocycles. The minimum Gasteiger partial charge on any atom is -0.488 e. The first-order valence-electron chi connectivity index (χ1n) is 8.58. The Kier molecular flexibility index (Phi) is 4.77. The number of ether oxygens (including phenoxy) is 1. The van der Waals surface area contributed by atoms with Gasteiger partial charge in [0.15, 0.2) is 0 Å². The van der Waals surface area contributed by atoms with Crippen LogP contribution in [-0.2, 0) is 6.61 Å². The molecule has 4 rings (SSSR count). The van der Waals surface area contributed by atoms with Gasteiger partial charge in [-0.2, -0.15) is 0 Å². The van der Waals surface area contributed by atoms with Crippen molar-refractivity contribution in [1.29, 1.82) is 0 Å². The number of aromatic amines is 1. The van der Waals surface area contributed by atoms with E-state index in [0.29, 0.717) is 29.1 Å². The molecule has 3 aromatic carbocycles. The Balaban J connectivity index is 1.76. The number of fused-ring (bicyclic) bond motifs is 1. The van der Waals surface area contributed by atoms with E-state index in [1.165, 1.54) is 5.56 Å². The summed E-state index contributed by atoms with van der Waals surface area (Å²) in [7, 11) is 0. The number of para-hydroxylation sites is 1. The number of benzene rings is 3. The van der Waals surface area contributed by atoms with Crippen molar-refractivity contribution in [2.75, 3.05) is 0 Å². The maximum absolute atomic E-state index is 12.4. The number of aromatic nitrogens is 2. The summed E-state index contributed by atoms with van der Waals surface area (Å²) in [5.74, 6) is 1.15. The Morgan fingerprint density at radius 1 is 1.04 bits per heavy atom. The molecule has 5 heteroatoms. The van der Waals surface area contributed by atoms with Crippen LogP contribution in [0.2, 0.25) is 0 Å². The van der Waals surface area contributed by atoms with Gasteiger partial charge in [0, 0.05) is 4.47 Å². The largest absolute Gasteiger partial charge is 0.488 e. The average Bonchev–Trinajstić information content (AvgIpc) is 2.68. The van der Waals surface area contributed by atoms with E-state index in [4.69, 9.17) is 4.74 Å². The standard InChI is InChI=1S/C22H17BrN2O2/c1-14-6-2-3-7-15(14)13-27-20-11-10-16(23)12-18(20)21-24-19-9-5-4-8-17(19)22(26)25-21/h2-12H,13H2,1H3,(H,24,25,26). The molecule has 0 bridgehead atoms. The minimum absolute atomic E-state index is 0.166. The van der Waals surface area contributed by atoms with E-state index in [2.05, 4.69) is 38.9 Å². The molecule has 0 aliphatic rings. The van der Waals surface area contributed by atoms with Crippen molar-refractivity contribution in [2.24, 2.45) is 0 Å². The normalized spacial score (nSPS) is 10.9. The zero-order valence-corrected chi connectivity index (χ0v) is 16.3. The van der Waals surface area contributed by atoms with Crippen LogP contribution in [-0.4, -0.2) is 9.97 Å². The summed E-state index contributed by atoms with van der Waals surface area (Å²) in [4.78, 5) is 19.9. The number of halogens is 1. The Bertz CT molecular complexity index is 1180. The minimum atomic E-state index is -0.166. The first-order valence-corrected chi connectivity index (χ1v) is 9.37. The fourth-order valence-electron chi connectivity index (χ4n) is 2.95. The van der Waals surface area contributed by atoms with Crippen LogP contribution in [0.25, 0.3) is 22.3 Å². The van der Waals surface area contributed by atoms with E-state index >= 15 is 0 Å². The lowest BCUT2D eigenvalue weighted by Crippen LogP contribution is -2.10. The second kappa shape index (κ2) is 7.37. The lowest BCUT2D eigenvalue weighted by Gasteiger charge is -2.13. The molecule has 27 heavy (non-hydrogen) atoms. The molecule has 1 N–H and O–H groups in total. The Labute approximate surface area is 165 Å². The van der Waals surface area contributed by atoms with Crippen LogP contribution in [0.15, 0.2) is 76.0 Å². The van der Waals surface area contributed by atoms with Crippen molar-refractivity contribution in [3.8, 4) is 17.1 Å². The molecule has 0 radical (unpaired) electrons. The molecule has 0 amide bonds. The maximum atomic E-state index is 12.4. The summed E-state index contributed by atoms with van der Waals surface area (Å²) in [5.41, 5.74) is 3.52. The molecule has 0 spiro atoms. The van der Waals surface area contributed by atoms with Gasteiger partial charge in [0.25, 0.3) is 5.56 Å². The van der Waals surface area contributed by atoms with Crippen LogP contribution in [0.1, 0.15) is 11.1 Å². The van der Waals surface area contributed by atoms with E-state index in [1.54, 1.807) is 6.07 Å². The van der Waals surface area contributed by atoms with E-state index in [0.717, 1.165) is 15.6 Å². The second-order valence-corrected chi connectivity index (χ2v) is 7.20. The van der Waals surface area contributed by atoms with Crippen LogP contribution in [0.3, 0.4) is 0 Å². The van der Waals surface area contributed by atoms with Gasteiger partial charge in [-0.3, -0.25) is 4.79 Å². The molecular weight excluding hydrogens is 404 g/mol.